The molecule has 1 aromatic rings. The molecule has 0 amide bonds. The number of aldehydes is 1. The van der Waals surface area contributed by atoms with Crippen LogP contribution in [0.5, 0.6) is 0 Å². The lowest BCUT2D eigenvalue weighted by atomic mass is 10.2. The lowest BCUT2D eigenvalue weighted by Crippen LogP contribution is -2.08. The van der Waals surface area contributed by atoms with E-state index >= 15 is 0 Å². The molecule has 0 saturated heterocycles. The van der Waals surface area contributed by atoms with Crippen LogP contribution in [-0.2, 0) is 4.79 Å². The zero-order chi connectivity index (χ0) is 10.4. The number of nitrogens with one attached hydrogen (secondary N) is 1. The van der Waals surface area contributed by atoms with Crippen LogP contribution in [0.1, 0.15) is 17.5 Å². The van der Waals surface area contributed by atoms with E-state index in [1.807, 2.05) is 0 Å². The van der Waals surface area contributed by atoms with Crippen molar-refractivity contribution in [2.75, 3.05) is 0 Å². The Morgan fingerprint density at radius 3 is 3.00 bits per heavy atom. The molecule has 70 valence electrons. The summed E-state index contributed by atoms with van der Waals surface area (Å²) in [5.41, 5.74) is 0.362. The second-order valence-electron chi connectivity index (χ2n) is 2.59. The molecule has 0 saturated carbocycles. The van der Waals surface area contributed by atoms with Crippen LogP contribution in [0.4, 0.5) is 0 Å². The van der Waals surface area contributed by atoms with E-state index in [0.717, 1.165) is 6.29 Å². The summed E-state index contributed by atoms with van der Waals surface area (Å²) >= 11 is 0. The summed E-state index contributed by atoms with van der Waals surface area (Å²) in [5.74, 6) is 0. The minimum atomic E-state index is -0.403. The predicted molar refractivity (Wildman–Crippen MR) is 51.5 cm³/mol. The van der Waals surface area contributed by atoms with Gasteiger partial charge in [0, 0.05) is 12.6 Å². The van der Waals surface area contributed by atoms with Crippen molar-refractivity contribution in [2.24, 2.45) is 0 Å². The number of aromatic amines is 1. The van der Waals surface area contributed by atoms with Gasteiger partial charge in [-0.25, -0.2) is 0 Å². The highest BCUT2D eigenvalue weighted by molar-refractivity contribution is 5.58. The third kappa shape index (κ3) is 2.42. The van der Waals surface area contributed by atoms with Crippen LogP contribution in [0.3, 0.4) is 0 Å². The molecule has 0 atom stereocenters. The quantitative estimate of drug-likeness (QED) is 0.714. The molecule has 0 radical (unpaired) electrons. The molecule has 0 aliphatic heterocycles. The van der Waals surface area contributed by atoms with Crippen LogP contribution in [0.15, 0.2) is 23.1 Å². The number of carbonyl (C=O) groups is 1. The Morgan fingerprint density at radius 2 is 2.36 bits per heavy atom. The zero-order valence-corrected chi connectivity index (χ0v) is 7.36. The second kappa shape index (κ2) is 4.77. The lowest BCUT2D eigenvalue weighted by molar-refractivity contribution is -0.107. The van der Waals surface area contributed by atoms with Crippen molar-refractivity contribution < 1.29 is 4.79 Å². The van der Waals surface area contributed by atoms with E-state index < -0.39 is 5.56 Å². The average molecular weight is 188 g/mol. The van der Waals surface area contributed by atoms with Gasteiger partial charge < -0.3 is 9.78 Å². The Bertz CT molecular complexity index is 452. The summed E-state index contributed by atoms with van der Waals surface area (Å²) in [6.45, 7) is 0. The molecule has 4 nitrogen and oxygen atoms in total. The smallest absolute Gasteiger partial charge is 0.265 e. The Labute approximate surface area is 80.5 Å². The Hall–Kier alpha value is -2.15. The zero-order valence-electron chi connectivity index (χ0n) is 7.36. The van der Waals surface area contributed by atoms with Gasteiger partial charge in [0.05, 0.1) is 0 Å². The third-order valence-electron chi connectivity index (χ3n) is 1.59. The maximum atomic E-state index is 11.0. The molecule has 0 aromatic carbocycles. The number of hydrogen-bond acceptors (Lipinski definition) is 3. The van der Waals surface area contributed by atoms with Crippen LogP contribution in [0.2, 0.25) is 0 Å². The van der Waals surface area contributed by atoms with Gasteiger partial charge in [-0.1, -0.05) is 12.2 Å². The first kappa shape index (κ1) is 9.93. The van der Waals surface area contributed by atoms with E-state index in [-0.39, 0.29) is 5.56 Å². The fourth-order valence-corrected chi connectivity index (χ4v) is 0.939. The van der Waals surface area contributed by atoms with Crippen molar-refractivity contribution in [3.63, 3.8) is 0 Å². The van der Waals surface area contributed by atoms with E-state index in [9.17, 15) is 9.59 Å². The fraction of sp³-hybridized carbons (Fsp3) is 0.100. The predicted octanol–water partition coefficient (Wildman–Crippen LogP) is 0.849. The number of rotatable bonds is 3. The number of nitriles is 1. The molecule has 4 heteroatoms. The van der Waals surface area contributed by atoms with Crippen LogP contribution in [0, 0.1) is 11.3 Å². The molecule has 0 spiro atoms. The van der Waals surface area contributed by atoms with E-state index in [4.69, 9.17) is 5.26 Å². The Morgan fingerprint density at radius 1 is 1.57 bits per heavy atom. The molecule has 1 aromatic heterocycles. The van der Waals surface area contributed by atoms with Gasteiger partial charge in [0.15, 0.2) is 0 Å². The molecule has 0 fully saturated rings. The minimum absolute atomic E-state index is 0.0678. The van der Waals surface area contributed by atoms with Crippen LogP contribution >= 0.6 is 0 Å². The van der Waals surface area contributed by atoms with Gasteiger partial charge >= 0.3 is 0 Å². The van der Waals surface area contributed by atoms with Crippen LogP contribution in [-0.4, -0.2) is 11.3 Å². The monoisotopic (exact) mass is 188 g/mol. The number of nitrogens with zero attached hydrogens (tertiary/aromatic N) is 1. The highest BCUT2D eigenvalue weighted by atomic mass is 16.1. The molecule has 0 aliphatic carbocycles. The normalized spacial score (nSPS) is 9.93. The van der Waals surface area contributed by atoms with Crippen molar-refractivity contribution in [1.82, 2.24) is 4.98 Å². The summed E-state index contributed by atoms with van der Waals surface area (Å²) in [6.07, 6.45) is 5.91. The topological polar surface area (TPSA) is 73.7 Å². The summed E-state index contributed by atoms with van der Waals surface area (Å²) in [4.78, 5) is 23.4. The standard InChI is InChI=1S/C10H8N2O2/c11-6-9-5-8(3-1-2-4-13)7-12-10(9)14/h1,3-5,7H,2H2,(H,12,14). The summed E-state index contributed by atoms with van der Waals surface area (Å²) < 4.78 is 0. The molecule has 0 bridgehead atoms. The lowest BCUT2D eigenvalue weighted by Gasteiger charge is -1.92. The van der Waals surface area contributed by atoms with E-state index in [1.54, 1.807) is 18.2 Å². The van der Waals surface area contributed by atoms with Crippen molar-refractivity contribution >= 4 is 12.4 Å². The first-order valence-corrected chi connectivity index (χ1v) is 4.01. The average Bonchev–Trinajstić information content (AvgIpc) is 2.21. The van der Waals surface area contributed by atoms with Crippen molar-refractivity contribution in [1.29, 1.82) is 5.26 Å². The molecular weight excluding hydrogens is 180 g/mol. The van der Waals surface area contributed by atoms with Gasteiger partial charge in [0.25, 0.3) is 5.56 Å². The largest absolute Gasteiger partial charge is 0.327 e. The number of pyridine rings is 1. The summed E-state index contributed by atoms with van der Waals surface area (Å²) in [7, 11) is 0. The third-order valence-corrected chi connectivity index (χ3v) is 1.59. The SMILES string of the molecule is N#Cc1cc(C=CCC=O)c[nH]c1=O. The Balaban J connectivity index is 2.97. The number of H-pyrrole nitrogens is 1. The number of carbonyl (C=O) groups excluding carboxylic acids is 1. The van der Waals surface area contributed by atoms with Crippen LogP contribution < -0.4 is 5.56 Å². The molecular formula is C10H8N2O2. The Kier molecular flexibility index (Phi) is 3.39. The highest BCUT2D eigenvalue weighted by Gasteiger charge is 1.97. The molecule has 1 rings (SSSR count). The van der Waals surface area contributed by atoms with Gasteiger partial charge in [0.2, 0.25) is 0 Å². The molecule has 0 unspecified atom stereocenters. The maximum absolute atomic E-state index is 11.0. The van der Waals surface area contributed by atoms with E-state index in [2.05, 4.69) is 4.98 Å². The van der Waals surface area contributed by atoms with Crippen molar-refractivity contribution in [3.05, 3.63) is 39.8 Å². The first-order valence-electron chi connectivity index (χ1n) is 4.01. The minimum Gasteiger partial charge on any atom is -0.327 e. The summed E-state index contributed by atoms with van der Waals surface area (Å²) in [5, 5.41) is 8.56. The van der Waals surface area contributed by atoms with Gasteiger partial charge in [0.1, 0.15) is 17.9 Å². The van der Waals surface area contributed by atoms with Gasteiger partial charge in [-0.15, -0.1) is 0 Å². The van der Waals surface area contributed by atoms with Gasteiger partial charge in [-0.3, -0.25) is 4.79 Å². The molecule has 1 heterocycles. The molecule has 1 N–H and O–H groups in total. The van der Waals surface area contributed by atoms with E-state index in [0.29, 0.717) is 12.0 Å². The summed E-state index contributed by atoms with van der Waals surface area (Å²) in [6, 6.07) is 3.25. The fourth-order valence-electron chi connectivity index (χ4n) is 0.939. The second-order valence-corrected chi connectivity index (χ2v) is 2.59. The first-order chi connectivity index (χ1) is 6.77. The van der Waals surface area contributed by atoms with Crippen LogP contribution in [0.25, 0.3) is 6.08 Å². The highest BCUT2D eigenvalue weighted by Crippen LogP contribution is 2.00. The van der Waals surface area contributed by atoms with Gasteiger partial charge in [-0.05, 0) is 11.6 Å². The van der Waals surface area contributed by atoms with E-state index in [1.165, 1.54) is 12.3 Å². The number of allylic oxidation sites excluding steroid dienone is 1. The molecule has 0 aliphatic rings. The maximum Gasteiger partial charge on any atom is 0.265 e. The number of aromatic nitrogens is 1. The molecule has 14 heavy (non-hydrogen) atoms. The van der Waals surface area contributed by atoms with Crippen molar-refractivity contribution in [3.8, 4) is 6.07 Å². The van der Waals surface area contributed by atoms with Crippen molar-refractivity contribution in [2.45, 2.75) is 6.42 Å². The number of hydrogen-bond donors (Lipinski definition) is 1. The van der Waals surface area contributed by atoms with Gasteiger partial charge in [-0.2, -0.15) is 5.26 Å².